The lowest BCUT2D eigenvalue weighted by molar-refractivity contribution is 0.793. The molecule has 0 bridgehead atoms. The molecule has 0 saturated heterocycles. The molecular weight excluding hydrogens is 1050 g/mol. The largest absolute Gasteiger partial charge is 0.311 e. The van der Waals surface area contributed by atoms with Crippen LogP contribution in [0.5, 0.6) is 0 Å². The van der Waals surface area contributed by atoms with Gasteiger partial charge in [-0.2, -0.15) is 0 Å². The van der Waals surface area contributed by atoms with Crippen molar-refractivity contribution in [2.24, 2.45) is 0 Å². The Balaban J connectivity index is 0.000000154. The van der Waals surface area contributed by atoms with Crippen molar-refractivity contribution < 1.29 is 0 Å². The lowest BCUT2D eigenvalue weighted by Crippen LogP contribution is -2.28. The van der Waals surface area contributed by atoms with Crippen LogP contribution in [0.25, 0.3) is 77.9 Å². The molecule has 0 saturated carbocycles. The molecule has 0 aromatic heterocycles. The van der Waals surface area contributed by atoms with Crippen LogP contribution in [-0.2, 0) is 5.41 Å². The zero-order chi connectivity index (χ0) is 57.9. The van der Waals surface area contributed by atoms with E-state index in [1.165, 1.54) is 106 Å². The molecule has 14 aromatic rings. The second kappa shape index (κ2) is 23.0. The van der Waals surface area contributed by atoms with Gasteiger partial charge >= 0.3 is 0 Å². The summed E-state index contributed by atoms with van der Waals surface area (Å²) in [6.07, 6.45) is 0. The van der Waals surface area contributed by atoms with Crippen LogP contribution >= 0.6 is 0 Å². The molecule has 410 valence electrons. The fraction of sp³-hybridized carbons (Fsp3) is 0.0118. The summed E-state index contributed by atoms with van der Waals surface area (Å²) in [5, 5.41) is 0. The van der Waals surface area contributed by atoms with E-state index in [0.717, 1.165) is 28.4 Å². The van der Waals surface area contributed by atoms with Gasteiger partial charge in [-0.1, -0.05) is 297 Å². The Morgan fingerprint density at radius 3 is 0.667 bits per heavy atom. The highest BCUT2D eigenvalue weighted by atomic mass is 15.2. The van der Waals surface area contributed by atoms with E-state index in [2.05, 4.69) is 374 Å². The maximum absolute atomic E-state index is 2.47. The molecule has 2 aliphatic rings. The first kappa shape index (κ1) is 52.5. The van der Waals surface area contributed by atoms with Gasteiger partial charge in [0, 0.05) is 34.0 Å². The number of hydrogen-bond acceptors (Lipinski definition) is 2. The standard InChI is InChI=1S/C49H33N.C36H27N/c1-3-14-34(15-4-1)36-26-30-38(31-27-36)50(39-32-28-37(29-33-39)35-16-5-2-6-17-35)47-25-13-21-43-42-20-9-12-24-46(42)49(48(43)47)44-22-10-7-18-40(44)41-19-8-11-23-45(41)49;1-4-10-28(11-5-1)31-16-22-34(23-17-31)37(35-24-18-32(19-25-35)29-12-6-2-7-13-29)36-26-20-33(21-27-36)30-14-8-3-9-15-30/h1-33H;1-27H. The van der Waals surface area contributed by atoms with Gasteiger partial charge in [-0.15, -0.1) is 0 Å². The summed E-state index contributed by atoms with van der Waals surface area (Å²) in [5.41, 5.74) is 29.1. The van der Waals surface area contributed by atoms with Crippen molar-refractivity contribution in [3.63, 3.8) is 0 Å². The van der Waals surface area contributed by atoms with E-state index in [-0.39, 0.29) is 0 Å². The van der Waals surface area contributed by atoms with Crippen LogP contribution < -0.4 is 9.80 Å². The first-order valence-corrected chi connectivity index (χ1v) is 30.0. The Kier molecular flexibility index (Phi) is 13.9. The highest BCUT2D eigenvalue weighted by Gasteiger charge is 2.53. The second-order valence-corrected chi connectivity index (χ2v) is 22.3. The van der Waals surface area contributed by atoms with Crippen molar-refractivity contribution in [3.8, 4) is 77.9 Å². The number of nitrogens with zero attached hydrogens (tertiary/aromatic N) is 2. The molecule has 0 amide bonds. The molecule has 87 heavy (non-hydrogen) atoms. The Morgan fingerprint density at radius 1 is 0.161 bits per heavy atom. The molecule has 0 unspecified atom stereocenters. The molecule has 0 N–H and O–H groups in total. The Labute approximate surface area is 510 Å². The van der Waals surface area contributed by atoms with Crippen molar-refractivity contribution in [1.29, 1.82) is 0 Å². The third-order valence-corrected chi connectivity index (χ3v) is 17.4. The Bertz CT molecular complexity index is 4320. The van der Waals surface area contributed by atoms with Crippen LogP contribution in [0.1, 0.15) is 22.3 Å². The van der Waals surface area contributed by atoms with Crippen molar-refractivity contribution in [2.45, 2.75) is 5.41 Å². The third-order valence-electron chi connectivity index (χ3n) is 17.4. The number of benzene rings is 14. The highest BCUT2D eigenvalue weighted by Crippen LogP contribution is 2.65. The van der Waals surface area contributed by atoms with Gasteiger partial charge in [0.05, 0.1) is 11.1 Å². The third kappa shape index (κ3) is 9.70. The fourth-order valence-corrected chi connectivity index (χ4v) is 13.4. The van der Waals surface area contributed by atoms with Crippen molar-refractivity contribution in [3.05, 3.63) is 386 Å². The van der Waals surface area contributed by atoms with Crippen LogP contribution in [0.3, 0.4) is 0 Å². The SMILES string of the molecule is c1ccc(-c2ccc(N(c3ccc(-c4ccccc4)cc3)c3ccc(-c4ccccc4)cc3)cc2)cc1.c1ccc(-c2ccc(N(c3ccc(-c4ccccc4)cc3)c3cccc4c3C3(c5ccccc5-c5ccccc53)c3ccccc3-4)cc2)cc1. The molecule has 2 aliphatic carbocycles. The van der Waals surface area contributed by atoms with Gasteiger partial charge in [-0.05, 0) is 161 Å². The zero-order valence-corrected chi connectivity index (χ0v) is 48.0. The minimum atomic E-state index is -0.456. The van der Waals surface area contributed by atoms with E-state index in [4.69, 9.17) is 0 Å². The summed E-state index contributed by atoms with van der Waals surface area (Å²) in [6, 6.07) is 131. The molecule has 0 radical (unpaired) electrons. The first-order chi connectivity index (χ1) is 43.2. The van der Waals surface area contributed by atoms with Gasteiger partial charge in [0.2, 0.25) is 0 Å². The minimum Gasteiger partial charge on any atom is -0.311 e. The zero-order valence-electron chi connectivity index (χ0n) is 48.0. The summed E-state index contributed by atoms with van der Waals surface area (Å²) < 4.78 is 0. The molecule has 1 spiro atoms. The maximum atomic E-state index is 2.47. The van der Waals surface area contributed by atoms with Gasteiger partial charge < -0.3 is 9.80 Å². The van der Waals surface area contributed by atoms with Gasteiger partial charge in [0.1, 0.15) is 0 Å². The average Bonchev–Trinajstić information content (AvgIpc) is 1.52. The van der Waals surface area contributed by atoms with Crippen LogP contribution in [-0.4, -0.2) is 0 Å². The summed E-state index contributed by atoms with van der Waals surface area (Å²) in [5.74, 6) is 0. The lowest BCUT2D eigenvalue weighted by Gasteiger charge is -2.36. The highest BCUT2D eigenvalue weighted by molar-refractivity contribution is 6.00. The summed E-state index contributed by atoms with van der Waals surface area (Å²) in [7, 11) is 0. The summed E-state index contributed by atoms with van der Waals surface area (Å²) >= 11 is 0. The number of rotatable bonds is 11. The average molecular weight is 1110 g/mol. The number of anilines is 6. The van der Waals surface area contributed by atoms with E-state index >= 15 is 0 Å². The summed E-state index contributed by atoms with van der Waals surface area (Å²) in [4.78, 5) is 4.79. The number of hydrogen-bond donors (Lipinski definition) is 0. The van der Waals surface area contributed by atoms with Gasteiger partial charge in [-0.3, -0.25) is 0 Å². The van der Waals surface area contributed by atoms with Crippen LogP contribution in [0.2, 0.25) is 0 Å². The molecule has 2 nitrogen and oxygen atoms in total. The number of fused-ring (bicyclic) bond motifs is 10. The fourth-order valence-electron chi connectivity index (χ4n) is 13.4. The normalized spacial score (nSPS) is 12.0. The van der Waals surface area contributed by atoms with Gasteiger partial charge in [0.15, 0.2) is 0 Å². The van der Waals surface area contributed by atoms with Crippen LogP contribution in [0, 0.1) is 0 Å². The second-order valence-electron chi connectivity index (χ2n) is 22.3. The molecular formula is C85H60N2. The summed E-state index contributed by atoms with van der Waals surface area (Å²) in [6.45, 7) is 0. The van der Waals surface area contributed by atoms with Crippen LogP contribution in [0.4, 0.5) is 34.1 Å². The first-order valence-electron chi connectivity index (χ1n) is 30.0. The minimum absolute atomic E-state index is 0.456. The van der Waals surface area contributed by atoms with Crippen molar-refractivity contribution in [1.82, 2.24) is 0 Å². The Morgan fingerprint density at radius 2 is 0.379 bits per heavy atom. The smallest absolute Gasteiger partial charge is 0.0746 e. The van der Waals surface area contributed by atoms with E-state index in [9.17, 15) is 0 Å². The van der Waals surface area contributed by atoms with Crippen LogP contribution in [0.15, 0.2) is 364 Å². The van der Waals surface area contributed by atoms with Gasteiger partial charge in [0.25, 0.3) is 0 Å². The van der Waals surface area contributed by atoms with E-state index in [1.54, 1.807) is 0 Å². The molecule has 0 aliphatic heterocycles. The monoisotopic (exact) mass is 1110 g/mol. The van der Waals surface area contributed by atoms with Gasteiger partial charge in [-0.25, -0.2) is 0 Å². The molecule has 2 heteroatoms. The quantitative estimate of drug-likeness (QED) is 0.127. The molecule has 0 atom stereocenters. The molecule has 0 fully saturated rings. The van der Waals surface area contributed by atoms with E-state index in [1.807, 2.05) is 0 Å². The van der Waals surface area contributed by atoms with E-state index in [0.29, 0.717) is 0 Å². The Hall–Kier alpha value is -11.3. The van der Waals surface area contributed by atoms with Crippen molar-refractivity contribution >= 4 is 34.1 Å². The lowest BCUT2D eigenvalue weighted by atomic mass is 9.70. The predicted molar refractivity (Wildman–Crippen MR) is 366 cm³/mol. The predicted octanol–water partition coefficient (Wildman–Crippen LogP) is 23.0. The molecule has 14 aromatic carbocycles. The topological polar surface area (TPSA) is 6.48 Å². The maximum Gasteiger partial charge on any atom is 0.0746 e. The molecule has 16 rings (SSSR count). The van der Waals surface area contributed by atoms with E-state index < -0.39 is 5.41 Å². The molecule has 0 heterocycles. The van der Waals surface area contributed by atoms with Crippen molar-refractivity contribution in [2.75, 3.05) is 9.80 Å².